The van der Waals surface area contributed by atoms with Gasteiger partial charge in [0.2, 0.25) is 0 Å². The molecule has 0 saturated heterocycles. The van der Waals surface area contributed by atoms with Crippen molar-refractivity contribution in [3.8, 4) is 16.9 Å². The van der Waals surface area contributed by atoms with Gasteiger partial charge >= 0.3 is 12.1 Å². The molecule has 0 aliphatic carbocycles. The van der Waals surface area contributed by atoms with E-state index in [1.54, 1.807) is 51.1 Å². The van der Waals surface area contributed by atoms with Crippen LogP contribution in [-0.4, -0.2) is 52.1 Å². The summed E-state index contributed by atoms with van der Waals surface area (Å²) in [7, 11) is -3.11. The van der Waals surface area contributed by atoms with Crippen molar-refractivity contribution < 1.29 is 40.7 Å². The van der Waals surface area contributed by atoms with Crippen LogP contribution in [-0.2, 0) is 25.7 Å². The van der Waals surface area contributed by atoms with E-state index in [1.165, 1.54) is 24.1 Å². The number of hydrogen-bond acceptors (Lipinski definition) is 6. The van der Waals surface area contributed by atoms with E-state index in [4.69, 9.17) is 9.47 Å². The number of halogens is 3. The van der Waals surface area contributed by atoms with Gasteiger partial charge in [0.25, 0.3) is 15.9 Å². The number of rotatable bonds is 8. The van der Waals surface area contributed by atoms with Crippen molar-refractivity contribution in [3.05, 3.63) is 77.9 Å². The molecular weight excluding hydrogens is 561 g/mol. The molecule has 0 atom stereocenters. The first-order valence-electron chi connectivity index (χ1n) is 12.6. The van der Waals surface area contributed by atoms with Gasteiger partial charge < -0.3 is 14.4 Å². The van der Waals surface area contributed by atoms with Crippen molar-refractivity contribution in [1.29, 1.82) is 0 Å². The van der Waals surface area contributed by atoms with E-state index in [2.05, 4.69) is 0 Å². The lowest BCUT2D eigenvalue weighted by Crippen LogP contribution is -2.53. The number of methoxy groups -OCH3 is 1. The predicted molar refractivity (Wildman–Crippen MR) is 146 cm³/mol. The number of nitrogens with zero attached hydrogens (tertiary/aromatic N) is 2. The van der Waals surface area contributed by atoms with Crippen molar-refractivity contribution in [2.45, 2.75) is 31.8 Å². The summed E-state index contributed by atoms with van der Waals surface area (Å²) in [5.74, 6) is -0.568. The highest BCUT2D eigenvalue weighted by atomic mass is 32.2. The zero-order valence-electron chi connectivity index (χ0n) is 22.9. The highest BCUT2D eigenvalue weighted by Crippen LogP contribution is 2.38. The minimum Gasteiger partial charge on any atom is -0.497 e. The number of carbonyl (C=O) groups is 2. The van der Waals surface area contributed by atoms with Gasteiger partial charge in [-0.25, -0.2) is 12.7 Å². The fourth-order valence-electron chi connectivity index (χ4n) is 4.52. The zero-order chi connectivity index (χ0) is 30.2. The van der Waals surface area contributed by atoms with Crippen LogP contribution in [0, 0.1) is 5.41 Å². The molecule has 0 unspecified atom stereocenters. The minimum absolute atomic E-state index is 0.00192. The van der Waals surface area contributed by atoms with Gasteiger partial charge in [-0.15, -0.1) is 0 Å². The summed E-state index contributed by atoms with van der Waals surface area (Å²) in [6.45, 7) is 4.14. The van der Waals surface area contributed by atoms with E-state index >= 15 is 0 Å². The van der Waals surface area contributed by atoms with Gasteiger partial charge in [0, 0.05) is 6.54 Å². The van der Waals surface area contributed by atoms with E-state index in [9.17, 15) is 31.2 Å². The molecule has 3 aromatic rings. The number of anilines is 1. The van der Waals surface area contributed by atoms with Crippen LogP contribution in [0.2, 0.25) is 0 Å². The summed E-state index contributed by atoms with van der Waals surface area (Å²) in [4.78, 5) is 26.8. The summed E-state index contributed by atoms with van der Waals surface area (Å²) in [6.07, 6.45) is -4.77. The van der Waals surface area contributed by atoms with E-state index in [-0.39, 0.29) is 24.4 Å². The quantitative estimate of drug-likeness (QED) is 0.318. The molecule has 4 rings (SSSR count). The topological polar surface area (TPSA) is 93.2 Å². The number of alkyl halides is 3. The van der Waals surface area contributed by atoms with E-state index < -0.39 is 50.6 Å². The van der Waals surface area contributed by atoms with Crippen molar-refractivity contribution in [2.24, 2.45) is 5.41 Å². The van der Waals surface area contributed by atoms with Crippen LogP contribution >= 0.6 is 0 Å². The third-order valence-corrected chi connectivity index (χ3v) is 8.39. The van der Waals surface area contributed by atoms with E-state index in [0.717, 1.165) is 22.5 Å². The summed E-state index contributed by atoms with van der Waals surface area (Å²) >= 11 is 0. The van der Waals surface area contributed by atoms with Crippen LogP contribution in [0.25, 0.3) is 11.1 Å². The number of fused-ring (bicyclic) bond motifs is 1. The number of benzene rings is 3. The Labute approximate surface area is 236 Å². The average Bonchev–Trinajstić information content (AvgIpc) is 2.94. The maximum atomic E-state index is 13.9. The van der Waals surface area contributed by atoms with Crippen LogP contribution in [0.3, 0.4) is 0 Å². The number of ether oxygens (including phenoxy) is 2. The monoisotopic (exact) mass is 590 g/mol. The van der Waals surface area contributed by atoms with Crippen LogP contribution in [0.1, 0.15) is 36.7 Å². The second-order valence-electron chi connectivity index (χ2n) is 10.1. The van der Waals surface area contributed by atoms with Crippen molar-refractivity contribution in [2.75, 3.05) is 31.2 Å². The van der Waals surface area contributed by atoms with Crippen LogP contribution < -0.4 is 9.04 Å². The van der Waals surface area contributed by atoms with Crippen LogP contribution in [0.15, 0.2) is 71.6 Å². The summed E-state index contributed by atoms with van der Waals surface area (Å²) < 4.78 is 79.6. The normalized spacial score (nSPS) is 14.1. The molecule has 1 aliphatic heterocycles. The molecule has 0 aromatic heterocycles. The van der Waals surface area contributed by atoms with Gasteiger partial charge in [0.15, 0.2) is 0 Å². The fraction of sp³-hybridized carbons (Fsp3) is 0.310. The van der Waals surface area contributed by atoms with Crippen molar-refractivity contribution in [3.63, 3.8) is 0 Å². The van der Waals surface area contributed by atoms with E-state index in [0.29, 0.717) is 22.9 Å². The third kappa shape index (κ3) is 6.02. The Hall–Kier alpha value is -4.06. The van der Waals surface area contributed by atoms with Gasteiger partial charge in [0.05, 0.1) is 40.8 Å². The first-order valence-corrected chi connectivity index (χ1v) is 14.1. The Balaban J connectivity index is 1.86. The predicted octanol–water partition coefficient (Wildman–Crippen LogP) is 5.58. The van der Waals surface area contributed by atoms with Gasteiger partial charge in [-0.3, -0.25) is 9.59 Å². The molecule has 1 heterocycles. The average molecular weight is 591 g/mol. The molecule has 218 valence electrons. The van der Waals surface area contributed by atoms with Crippen LogP contribution in [0.5, 0.6) is 5.75 Å². The number of hydrogen-bond donors (Lipinski definition) is 0. The fourth-order valence-corrected chi connectivity index (χ4v) is 6.00. The number of amides is 1. The molecule has 0 saturated carbocycles. The zero-order valence-corrected chi connectivity index (χ0v) is 23.7. The maximum absolute atomic E-state index is 13.9. The number of esters is 1. The second-order valence-corrected chi connectivity index (χ2v) is 12.0. The molecule has 0 fully saturated rings. The highest BCUT2D eigenvalue weighted by molar-refractivity contribution is 7.92. The Bertz CT molecular complexity index is 1590. The lowest BCUT2D eigenvalue weighted by Gasteiger charge is -2.40. The molecule has 0 radical (unpaired) electrons. The Morgan fingerprint density at radius 2 is 1.66 bits per heavy atom. The molecule has 1 amide bonds. The highest BCUT2D eigenvalue weighted by Gasteiger charge is 2.41. The number of carbonyl (C=O) groups excluding carboxylic acids is 2. The molecule has 1 aliphatic rings. The second kappa shape index (κ2) is 11.1. The molecule has 3 aromatic carbocycles. The lowest BCUT2D eigenvalue weighted by atomic mass is 9.92. The molecule has 0 N–H and O–H groups in total. The van der Waals surface area contributed by atoms with E-state index in [1.807, 2.05) is 0 Å². The molecule has 0 bridgehead atoms. The van der Waals surface area contributed by atoms with Crippen molar-refractivity contribution >= 4 is 27.6 Å². The first-order chi connectivity index (χ1) is 19.2. The lowest BCUT2D eigenvalue weighted by molar-refractivity contribution is -0.154. The first kappa shape index (κ1) is 29.9. The summed E-state index contributed by atoms with van der Waals surface area (Å²) in [6, 6.07) is 15.0. The minimum atomic E-state index is -4.77. The summed E-state index contributed by atoms with van der Waals surface area (Å²) in [5, 5.41) is 0. The molecule has 0 spiro atoms. The molecule has 8 nitrogen and oxygen atoms in total. The van der Waals surface area contributed by atoms with Gasteiger partial charge in [-0.2, -0.15) is 13.2 Å². The standard InChI is InChI=1S/C29H29F3N2O6S/c1-5-40-27(36)28(2,3)17-33-18-34(41(37,38)23-11-7-9-21(16-23)29(30,31)32)25-15-20(12-13-24(25)26(33)35)19-8-6-10-22(14-19)39-4/h6-16H,5,17-18H2,1-4H3. The number of sulfonamides is 1. The van der Waals surface area contributed by atoms with Gasteiger partial charge in [-0.05, 0) is 74.4 Å². The Morgan fingerprint density at radius 3 is 2.32 bits per heavy atom. The summed E-state index contributed by atoms with van der Waals surface area (Å²) in [5.41, 5.74) is -1.09. The van der Waals surface area contributed by atoms with Crippen LogP contribution in [0.4, 0.5) is 18.9 Å². The largest absolute Gasteiger partial charge is 0.497 e. The third-order valence-electron chi connectivity index (χ3n) is 6.65. The Morgan fingerprint density at radius 1 is 0.976 bits per heavy atom. The molecule has 41 heavy (non-hydrogen) atoms. The molecular formula is C29H29F3N2O6S. The van der Waals surface area contributed by atoms with Crippen molar-refractivity contribution in [1.82, 2.24) is 4.90 Å². The maximum Gasteiger partial charge on any atom is 0.416 e. The smallest absolute Gasteiger partial charge is 0.416 e. The van der Waals surface area contributed by atoms with Gasteiger partial charge in [0.1, 0.15) is 12.4 Å². The van der Waals surface area contributed by atoms with Gasteiger partial charge in [-0.1, -0.05) is 24.3 Å². The SMILES string of the molecule is CCOC(=O)C(C)(C)CN1CN(S(=O)(=O)c2cccc(C(F)(F)F)c2)c2cc(-c3cccc(OC)c3)ccc2C1=O. The Kier molecular flexibility index (Phi) is 8.08. The molecule has 12 heteroatoms.